The highest BCUT2D eigenvalue weighted by molar-refractivity contribution is 5.55. The third kappa shape index (κ3) is 4.95. The third-order valence-electron chi connectivity index (χ3n) is 5.39. The molecule has 2 heterocycles. The first kappa shape index (κ1) is 19.5. The molecule has 146 valence electrons. The summed E-state index contributed by atoms with van der Waals surface area (Å²) in [6.07, 6.45) is 11.8. The Morgan fingerprint density at radius 3 is 2.63 bits per heavy atom. The van der Waals surface area contributed by atoms with Crippen LogP contribution in [0.4, 0.5) is 0 Å². The summed E-state index contributed by atoms with van der Waals surface area (Å²) in [6, 6.07) is 8.36. The molecule has 1 aromatic heterocycles. The maximum Gasteiger partial charge on any atom is 0.249 e. The summed E-state index contributed by atoms with van der Waals surface area (Å²) >= 11 is 0. The van der Waals surface area contributed by atoms with E-state index in [4.69, 9.17) is 15.7 Å². The Morgan fingerprint density at radius 1 is 1.15 bits per heavy atom. The number of hydrogen-bond donors (Lipinski definition) is 2. The summed E-state index contributed by atoms with van der Waals surface area (Å²) < 4.78 is 5.46. The molecule has 0 radical (unpaired) electrons. The van der Waals surface area contributed by atoms with Gasteiger partial charge >= 0.3 is 0 Å². The standard InChI is InChI=1S/C21H31N5O/c1-2-3-4-5-6-7-8-16-9-11-17(12-10-16)20-24-21(27-25-20)18-13-14-19(23)26(18)15-22/h9-12,15,18-19,22H,2-8,13-14,23H2,1H3. The maximum absolute atomic E-state index is 7.54. The van der Waals surface area contributed by atoms with Gasteiger partial charge in [-0.25, -0.2) is 0 Å². The van der Waals surface area contributed by atoms with Gasteiger partial charge < -0.3 is 15.2 Å². The molecule has 0 bridgehead atoms. The number of nitrogens with one attached hydrogen (secondary N) is 1. The molecular formula is C21H31N5O. The summed E-state index contributed by atoms with van der Waals surface area (Å²) in [4.78, 5) is 6.33. The van der Waals surface area contributed by atoms with Crippen molar-refractivity contribution in [2.45, 2.75) is 76.9 Å². The third-order valence-corrected chi connectivity index (χ3v) is 5.39. The number of nitrogens with zero attached hydrogens (tertiary/aromatic N) is 3. The van der Waals surface area contributed by atoms with Crippen LogP contribution in [0.2, 0.25) is 0 Å². The van der Waals surface area contributed by atoms with Gasteiger partial charge in [-0.1, -0.05) is 68.4 Å². The van der Waals surface area contributed by atoms with Crippen molar-refractivity contribution >= 4 is 6.34 Å². The minimum absolute atomic E-state index is 0.0919. The van der Waals surface area contributed by atoms with Crippen molar-refractivity contribution in [3.05, 3.63) is 35.7 Å². The predicted molar refractivity (Wildman–Crippen MR) is 107 cm³/mol. The van der Waals surface area contributed by atoms with Crippen LogP contribution in [0, 0.1) is 5.41 Å². The zero-order valence-electron chi connectivity index (χ0n) is 16.2. The second-order valence-electron chi connectivity index (χ2n) is 7.41. The summed E-state index contributed by atoms with van der Waals surface area (Å²) in [5.74, 6) is 1.14. The number of unbranched alkanes of at least 4 members (excludes halogenated alkanes) is 5. The lowest BCUT2D eigenvalue weighted by Crippen LogP contribution is -2.36. The highest BCUT2D eigenvalue weighted by Crippen LogP contribution is 2.33. The van der Waals surface area contributed by atoms with Crippen molar-refractivity contribution in [3.8, 4) is 11.4 Å². The predicted octanol–water partition coefficient (Wildman–Crippen LogP) is 4.67. The van der Waals surface area contributed by atoms with E-state index in [1.54, 1.807) is 4.90 Å². The number of nitrogens with two attached hydrogens (primary N) is 1. The lowest BCUT2D eigenvalue weighted by molar-refractivity contribution is 0.260. The first-order valence-corrected chi connectivity index (χ1v) is 10.2. The van der Waals surface area contributed by atoms with E-state index in [1.807, 2.05) is 0 Å². The zero-order chi connectivity index (χ0) is 19.1. The Hall–Kier alpha value is -2.21. The van der Waals surface area contributed by atoms with E-state index in [1.165, 1.54) is 50.4 Å². The molecule has 27 heavy (non-hydrogen) atoms. The SMILES string of the molecule is CCCCCCCCc1ccc(-c2noc(C3CCC(N)N3C=N)n2)cc1. The number of benzene rings is 1. The second kappa shape index (κ2) is 9.65. The Kier molecular flexibility index (Phi) is 6.98. The van der Waals surface area contributed by atoms with Crippen molar-refractivity contribution < 1.29 is 4.52 Å². The molecule has 3 rings (SSSR count). The quantitative estimate of drug-likeness (QED) is 0.361. The van der Waals surface area contributed by atoms with Crippen LogP contribution in [0.3, 0.4) is 0 Å². The molecule has 0 saturated carbocycles. The van der Waals surface area contributed by atoms with E-state index >= 15 is 0 Å². The van der Waals surface area contributed by atoms with Crippen LogP contribution in [0.1, 0.15) is 75.8 Å². The summed E-state index contributed by atoms with van der Waals surface area (Å²) in [5.41, 5.74) is 8.33. The molecule has 0 spiro atoms. The largest absolute Gasteiger partial charge is 0.337 e. The van der Waals surface area contributed by atoms with Gasteiger partial charge in [-0.2, -0.15) is 4.98 Å². The normalized spacial score (nSPS) is 19.6. The molecule has 0 aliphatic carbocycles. The average Bonchev–Trinajstić information content (AvgIpc) is 3.31. The van der Waals surface area contributed by atoms with Gasteiger partial charge in [0.1, 0.15) is 6.04 Å². The molecule has 2 unspecified atom stereocenters. The highest BCUT2D eigenvalue weighted by atomic mass is 16.5. The van der Waals surface area contributed by atoms with E-state index < -0.39 is 0 Å². The lowest BCUT2D eigenvalue weighted by atomic mass is 10.0. The van der Waals surface area contributed by atoms with Crippen molar-refractivity contribution in [3.63, 3.8) is 0 Å². The number of aromatic nitrogens is 2. The molecule has 1 aliphatic rings. The number of hydrogen-bond acceptors (Lipinski definition) is 5. The van der Waals surface area contributed by atoms with Crippen molar-refractivity contribution in [1.82, 2.24) is 15.0 Å². The number of aryl methyl sites for hydroxylation is 1. The second-order valence-corrected chi connectivity index (χ2v) is 7.41. The van der Waals surface area contributed by atoms with E-state index in [0.717, 1.165) is 24.8 Å². The lowest BCUT2D eigenvalue weighted by Gasteiger charge is -2.22. The van der Waals surface area contributed by atoms with Crippen LogP contribution in [-0.2, 0) is 6.42 Å². The van der Waals surface area contributed by atoms with Gasteiger partial charge in [0.05, 0.1) is 12.5 Å². The van der Waals surface area contributed by atoms with Crippen LogP contribution in [0.5, 0.6) is 0 Å². The topological polar surface area (TPSA) is 92.0 Å². The van der Waals surface area contributed by atoms with Gasteiger partial charge in [-0.3, -0.25) is 5.41 Å². The smallest absolute Gasteiger partial charge is 0.249 e. The molecule has 1 aromatic carbocycles. The minimum Gasteiger partial charge on any atom is -0.337 e. The molecule has 1 saturated heterocycles. The molecule has 2 atom stereocenters. The fraction of sp³-hybridized carbons (Fsp3) is 0.571. The van der Waals surface area contributed by atoms with Crippen LogP contribution in [0.15, 0.2) is 28.8 Å². The molecular weight excluding hydrogens is 338 g/mol. The average molecular weight is 370 g/mol. The Balaban J connectivity index is 1.55. The van der Waals surface area contributed by atoms with Gasteiger partial charge in [0.25, 0.3) is 0 Å². The Labute approximate surface area is 161 Å². The fourth-order valence-electron chi connectivity index (χ4n) is 3.71. The monoisotopic (exact) mass is 369 g/mol. The van der Waals surface area contributed by atoms with E-state index in [2.05, 4.69) is 41.3 Å². The minimum atomic E-state index is -0.149. The Morgan fingerprint density at radius 2 is 1.89 bits per heavy atom. The van der Waals surface area contributed by atoms with Crippen molar-refractivity contribution in [1.29, 1.82) is 5.41 Å². The van der Waals surface area contributed by atoms with Crippen molar-refractivity contribution in [2.24, 2.45) is 5.73 Å². The first-order valence-electron chi connectivity index (χ1n) is 10.2. The Bertz CT molecular complexity index is 712. The fourth-order valence-corrected chi connectivity index (χ4v) is 3.71. The van der Waals surface area contributed by atoms with E-state index in [-0.39, 0.29) is 12.2 Å². The van der Waals surface area contributed by atoms with Gasteiger partial charge in [0.15, 0.2) is 0 Å². The molecule has 6 heteroatoms. The van der Waals surface area contributed by atoms with E-state index in [9.17, 15) is 0 Å². The zero-order valence-corrected chi connectivity index (χ0v) is 16.2. The van der Waals surface area contributed by atoms with Crippen molar-refractivity contribution in [2.75, 3.05) is 0 Å². The van der Waals surface area contributed by atoms with Gasteiger partial charge in [0.2, 0.25) is 11.7 Å². The summed E-state index contributed by atoms with van der Waals surface area (Å²) in [5, 5.41) is 11.7. The first-order chi connectivity index (χ1) is 13.2. The molecule has 1 fully saturated rings. The molecule has 2 aromatic rings. The summed E-state index contributed by atoms with van der Waals surface area (Å²) in [6.45, 7) is 2.25. The van der Waals surface area contributed by atoms with Gasteiger partial charge in [0, 0.05) is 5.56 Å². The molecule has 6 nitrogen and oxygen atoms in total. The van der Waals surface area contributed by atoms with Crippen LogP contribution in [-0.4, -0.2) is 27.5 Å². The molecule has 0 amide bonds. The number of likely N-dealkylation sites (tertiary alicyclic amines) is 1. The van der Waals surface area contributed by atoms with Crippen LogP contribution >= 0.6 is 0 Å². The maximum atomic E-state index is 7.54. The summed E-state index contributed by atoms with van der Waals surface area (Å²) in [7, 11) is 0. The van der Waals surface area contributed by atoms with Gasteiger partial charge in [-0.05, 0) is 31.2 Å². The molecule has 1 aliphatic heterocycles. The van der Waals surface area contributed by atoms with Gasteiger partial charge in [-0.15, -0.1) is 0 Å². The number of rotatable bonds is 10. The van der Waals surface area contributed by atoms with Crippen LogP contribution in [0.25, 0.3) is 11.4 Å². The van der Waals surface area contributed by atoms with Crippen LogP contribution < -0.4 is 5.73 Å². The van der Waals surface area contributed by atoms with E-state index in [0.29, 0.717) is 11.7 Å². The molecule has 3 N–H and O–H groups in total. The highest BCUT2D eigenvalue weighted by Gasteiger charge is 2.34.